The molecule has 108 valence electrons. The Balaban J connectivity index is 1.76. The second kappa shape index (κ2) is 5.06. The van der Waals surface area contributed by atoms with Crippen LogP contribution in [0.1, 0.15) is 25.7 Å². The lowest BCUT2D eigenvalue weighted by atomic mass is 9.95. The Bertz CT molecular complexity index is 529. The second-order valence-electron chi connectivity index (χ2n) is 5.19. The third kappa shape index (κ3) is 2.43. The van der Waals surface area contributed by atoms with Gasteiger partial charge in [0.2, 0.25) is 5.91 Å². The molecule has 2 fully saturated rings. The Hall–Kier alpha value is -2.19. The highest BCUT2D eigenvalue weighted by molar-refractivity contribution is 5.89. The van der Waals surface area contributed by atoms with Gasteiger partial charge in [-0.3, -0.25) is 10.1 Å². The lowest BCUT2D eigenvalue weighted by molar-refractivity contribution is -0.121. The molecule has 0 aromatic carbocycles. The molecule has 9 heteroatoms. The quantitative estimate of drug-likeness (QED) is 0.720. The third-order valence-corrected chi connectivity index (χ3v) is 3.78. The maximum Gasteiger partial charge on any atom is 0.324 e. The van der Waals surface area contributed by atoms with Gasteiger partial charge in [0.1, 0.15) is 0 Å². The maximum atomic E-state index is 12.4. The van der Waals surface area contributed by atoms with Gasteiger partial charge in [-0.05, 0) is 24.5 Å². The first-order valence-corrected chi connectivity index (χ1v) is 6.73. The van der Waals surface area contributed by atoms with E-state index in [4.69, 9.17) is 0 Å². The van der Waals surface area contributed by atoms with Gasteiger partial charge in [0, 0.05) is 19.0 Å². The molecule has 2 atom stereocenters. The van der Waals surface area contributed by atoms with E-state index < -0.39 is 0 Å². The van der Waals surface area contributed by atoms with E-state index in [9.17, 15) is 9.59 Å². The van der Waals surface area contributed by atoms with Gasteiger partial charge >= 0.3 is 6.03 Å². The Kier molecular flexibility index (Phi) is 3.25. The first-order valence-electron chi connectivity index (χ1n) is 6.73. The van der Waals surface area contributed by atoms with Crippen molar-refractivity contribution in [3.05, 3.63) is 0 Å². The van der Waals surface area contributed by atoms with Crippen LogP contribution in [0.3, 0.4) is 0 Å². The number of anilines is 1. The van der Waals surface area contributed by atoms with Crippen molar-refractivity contribution in [2.45, 2.75) is 37.8 Å². The summed E-state index contributed by atoms with van der Waals surface area (Å²) in [5.41, 5.74) is 0. The minimum absolute atomic E-state index is 0.00910. The summed E-state index contributed by atoms with van der Waals surface area (Å²) in [6.45, 7) is 0.511. The van der Waals surface area contributed by atoms with Gasteiger partial charge in [-0.15, -0.1) is 5.10 Å². The lowest BCUT2D eigenvalue weighted by Gasteiger charge is -2.39. The van der Waals surface area contributed by atoms with Crippen LogP contribution >= 0.6 is 0 Å². The maximum absolute atomic E-state index is 12.4. The fourth-order valence-electron chi connectivity index (χ4n) is 2.91. The van der Waals surface area contributed by atoms with Gasteiger partial charge in [-0.2, -0.15) is 4.80 Å². The molecule has 0 spiro atoms. The van der Waals surface area contributed by atoms with Crippen molar-refractivity contribution in [1.29, 1.82) is 0 Å². The molecule has 0 saturated carbocycles. The first-order chi connectivity index (χ1) is 9.63. The van der Waals surface area contributed by atoms with Crippen LogP contribution in [0.5, 0.6) is 0 Å². The van der Waals surface area contributed by atoms with Gasteiger partial charge in [-0.25, -0.2) is 4.79 Å². The number of aromatic nitrogens is 4. The second-order valence-corrected chi connectivity index (χ2v) is 5.19. The van der Waals surface area contributed by atoms with Gasteiger partial charge in [-0.1, -0.05) is 5.10 Å². The average Bonchev–Trinajstić information content (AvgIpc) is 2.77. The minimum Gasteiger partial charge on any atom is -0.354 e. The number of nitrogens with one attached hydrogen (secondary N) is 2. The van der Waals surface area contributed by atoms with Crippen molar-refractivity contribution in [1.82, 2.24) is 30.4 Å². The monoisotopic (exact) mass is 279 g/mol. The van der Waals surface area contributed by atoms with E-state index in [-0.39, 0.29) is 30.0 Å². The molecule has 2 saturated heterocycles. The number of carbonyl (C=O) groups excluding carboxylic acids is 2. The highest BCUT2D eigenvalue weighted by atomic mass is 16.2. The fourth-order valence-corrected chi connectivity index (χ4v) is 2.91. The van der Waals surface area contributed by atoms with Gasteiger partial charge in [0.05, 0.1) is 13.1 Å². The van der Waals surface area contributed by atoms with Crippen molar-refractivity contribution in [2.75, 3.05) is 11.9 Å². The van der Waals surface area contributed by atoms with E-state index in [2.05, 4.69) is 26.0 Å². The van der Waals surface area contributed by atoms with Crippen LogP contribution in [0.4, 0.5) is 10.7 Å². The summed E-state index contributed by atoms with van der Waals surface area (Å²) < 4.78 is 0. The third-order valence-electron chi connectivity index (χ3n) is 3.78. The van der Waals surface area contributed by atoms with Crippen LogP contribution in [-0.2, 0) is 11.8 Å². The minimum atomic E-state index is -0.260. The van der Waals surface area contributed by atoms with Gasteiger partial charge < -0.3 is 10.2 Å². The molecular weight excluding hydrogens is 262 g/mol. The molecule has 2 aliphatic rings. The van der Waals surface area contributed by atoms with Gasteiger partial charge in [0.25, 0.3) is 5.95 Å². The molecule has 9 nitrogen and oxygen atoms in total. The number of amides is 3. The van der Waals surface area contributed by atoms with Crippen LogP contribution in [-0.4, -0.2) is 55.7 Å². The Morgan fingerprint density at radius 3 is 2.95 bits per heavy atom. The van der Waals surface area contributed by atoms with E-state index in [0.717, 1.165) is 19.3 Å². The molecule has 2 aliphatic heterocycles. The van der Waals surface area contributed by atoms with E-state index >= 15 is 0 Å². The highest BCUT2D eigenvalue weighted by Crippen LogP contribution is 2.27. The number of fused-ring (bicyclic) bond motifs is 2. The van der Waals surface area contributed by atoms with Gasteiger partial charge in [0.15, 0.2) is 0 Å². The van der Waals surface area contributed by atoms with Crippen molar-refractivity contribution in [3.8, 4) is 0 Å². The van der Waals surface area contributed by atoms with E-state index in [1.54, 1.807) is 11.9 Å². The molecular formula is C11H17N7O2. The largest absolute Gasteiger partial charge is 0.354 e. The van der Waals surface area contributed by atoms with Crippen molar-refractivity contribution < 1.29 is 9.59 Å². The summed E-state index contributed by atoms with van der Waals surface area (Å²) in [7, 11) is 1.63. The van der Waals surface area contributed by atoms with Crippen molar-refractivity contribution >= 4 is 17.9 Å². The normalized spacial score (nSPS) is 25.9. The van der Waals surface area contributed by atoms with Crippen LogP contribution in [0.25, 0.3) is 0 Å². The first kappa shape index (κ1) is 12.8. The average molecular weight is 279 g/mol. The summed E-state index contributed by atoms with van der Waals surface area (Å²) in [5, 5.41) is 16.9. The molecule has 2 unspecified atom stereocenters. The zero-order valence-corrected chi connectivity index (χ0v) is 11.2. The molecule has 1 aromatic rings. The standard InChI is InChI=1S/C11H17N7O2/c1-17-15-10(14-16-17)13-11(20)18-7-3-2-4-8(18)6-12-9(19)5-7/h7-8H,2-6H2,1H3,(H,12,19)(H,13,15,20). The van der Waals surface area contributed by atoms with E-state index in [0.29, 0.717) is 13.0 Å². The van der Waals surface area contributed by atoms with Crippen molar-refractivity contribution in [3.63, 3.8) is 0 Å². The zero-order chi connectivity index (χ0) is 14.1. The molecule has 2 N–H and O–H groups in total. The number of hydrogen-bond acceptors (Lipinski definition) is 5. The van der Waals surface area contributed by atoms with Crippen LogP contribution < -0.4 is 10.6 Å². The predicted octanol–water partition coefficient (Wildman–Crippen LogP) is -0.515. The number of rotatable bonds is 1. The zero-order valence-electron chi connectivity index (χ0n) is 11.2. The Morgan fingerprint density at radius 1 is 1.40 bits per heavy atom. The molecule has 3 rings (SSSR count). The number of tetrazole rings is 1. The number of nitrogens with zero attached hydrogens (tertiary/aromatic N) is 5. The Labute approximate surface area is 115 Å². The number of piperidine rings is 1. The molecule has 0 radical (unpaired) electrons. The number of carbonyl (C=O) groups is 2. The lowest BCUT2D eigenvalue weighted by Crippen LogP contribution is -2.52. The summed E-state index contributed by atoms with van der Waals surface area (Å²) >= 11 is 0. The fraction of sp³-hybridized carbons (Fsp3) is 0.727. The predicted molar refractivity (Wildman–Crippen MR) is 68.7 cm³/mol. The smallest absolute Gasteiger partial charge is 0.324 e. The molecule has 3 heterocycles. The van der Waals surface area contributed by atoms with Crippen molar-refractivity contribution in [2.24, 2.45) is 7.05 Å². The van der Waals surface area contributed by atoms with Crippen LogP contribution in [0.2, 0.25) is 0 Å². The van der Waals surface area contributed by atoms with Crippen LogP contribution in [0.15, 0.2) is 0 Å². The highest BCUT2D eigenvalue weighted by Gasteiger charge is 2.38. The molecule has 0 aliphatic carbocycles. The summed E-state index contributed by atoms with van der Waals surface area (Å²) in [6.07, 6.45) is 3.15. The summed E-state index contributed by atoms with van der Waals surface area (Å²) in [6, 6.07) is -0.269. The van der Waals surface area contributed by atoms with E-state index in [1.165, 1.54) is 4.80 Å². The van der Waals surface area contributed by atoms with E-state index in [1.807, 2.05) is 0 Å². The summed E-state index contributed by atoms with van der Waals surface area (Å²) in [4.78, 5) is 27.1. The topological polar surface area (TPSA) is 105 Å². The number of aryl methyl sites for hydroxylation is 1. The molecule has 1 aromatic heterocycles. The molecule has 20 heavy (non-hydrogen) atoms. The number of hydrogen-bond donors (Lipinski definition) is 2. The SMILES string of the molecule is Cn1nnc(NC(=O)N2C3CCCC2CC(=O)NC3)n1. The van der Waals surface area contributed by atoms with Crippen LogP contribution in [0, 0.1) is 0 Å². The summed E-state index contributed by atoms with van der Waals surface area (Å²) in [5.74, 6) is 0.189. The Morgan fingerprint density at radius 2 is 2.20 bits per heavy atom. The number of urea groups is 1. The molecule has 2 bridgehead atoms. The molecule has 3 amide bonds.